The SMILES string of the molecule is CC(CCO)OC(/C=C/n1c(C(C)C)nc(-c2ccc(F)cc2)c1-c1ccc(F)cc1)CC(=O)CC(=O)O. The van der Waals surface area contributed by atoms with E-state index in [0.29, 0.717) is 34.8 Å². The summed E-state index contributed by atoms with van der Waals surface area (Å²) in [7, 11) is 0. The van der Waals surface area contributed by atoms with Crippen molar-refractivity contribution in [3.63, 3.8) is 0 Å². The number of carboxylic acid groups (broad SMARTS) is 1. The summed E-state index contributed by atoms with van der Waals surface area (Å²) in [5, 5.41) is 18.3. The van der Waals surface area contributed by atoms with Gasteiger partial charge >= 0.3 is 5.97 Å². The quantitative estimate of drug-likeness (QED) is 0.278. The number of ether oxygens (including phenoxy) is 1. The number of aliphatic hydroxyl groups excluding tert-OH is 1. The van der Waals surface area contributed by atoms with Gasteiger partial charge in [-0.25, -0.2) is 13.8 Å². The van der Waals surface area contributed by atoms with E-state index in [2.05, 4.69) is 0 Å². The molecule has 38 heavy (non-hydrogen) atoms. The van der Waals surface area contributed by atoms with Gasteiger partial charge in [-0.05, 0) is 68.0 Å². The van der Waals surface area contributed by atoms with Gasteiger partial charge in [0.05, 0.1) is 23.6 Å². The van der Waals surface area contributed by atoms with E-state index >= 15 is 0 Å². The summed E-state index contributed by atoms with van der Waals surface area (Å²) >= 11 is 0. The van der Waals surface area contributed by atoms with Crippen LogP contribution in [0.4, 0.5) is 8.78 Å². The molecule has 0 aliphatic rings. The van der Waals surface area contributed by atoms with Gasteiger partial charge < -0.3 is 19.5 Å². The van der Waals surface area contributed by atoms with Gasteiger partial charge in [0.25, 0.3) is 0 Å². The van der Waals surface area contributed by atoms with Crippen LogP contribution in [-0.4, -0.2) is 50.3 Å². The molecule has 202 valence electrons. The minimum atomic E-state index is -1.22. The number of carbonyl (C=O) groups excluding carboxylic acids is 1. The Hall–Kier alpha value is -3.69. The van der Waals surface area contributed by atoms with E-state index in [1.54, 1.807) is 43.5 Å². The van der Waals surface area contributed by atoms with E-state index < -0.39 is 30.1 Å². The average molecular weight is 527 g/mol. The zero-order valence-corrected chi connectivity index (χ0v) is 21.6. The van der Waals surface area contributed by atoms with Crippen LogP contribution < -0.4 is 0 Å². The Balaban J connectivity index is 2.13. The first-order valence-corrected chi connectivity index (χ1v) is 12.4. The number of carboxylic acids is 1. The number of rotatable bonds is 13. The van der Waals surface area contributed by atoms with Gasteiger partial charge in [0.2, 0.25) is 0 Å². The standard InChI is InChI=1S/C29H32F2N2O5/c1-18(2)29-32-27(20-4-8-22(30)9-5-20)28(21-6-10-23(31)11-7-21)33(29)14-12-25(38-19(3)13-15-34)16-24(35)17-26(36)37/h4-12,14,18-19,25,34H,13,15-17H2,1-3H3,(H,36,37)/b14-12+. The fourth-order valence-electron chi connectivity index (χ4n) is 4.06. The van der Waals surface area contributed by atoms with Gasteiger partial charge in [-0.3, -0.25) is 9.59 Å². The van der Waals surface area contributed by atoms with Crippen molar-refractivity contribution in [3.05, 3.63) is 72.1 Å². The molecule has 0 saturated carbocycles. The fraction of sp³-hybridized carbons (Fsp3) is 0.345. The molecular weight excluding hydrogens is 494 g/mol. The van der Waals surface area contributed by atoms with E-state index in [4.69, 9.17) is 14.8 Å². The lowest BCUT2D eigenvalue weighted by Crippen LogP contribution is -2.23. The minimum absolute atomic E-state index is 0.0469. The Labute approximate surface area is 220 Å². The van der Waals surface area contributed by atoms with Crippen molar-refractivity contribution >= 4 is 18.0 Å². The molecule has 2 aromatic carbocycles. The van der Waals surface area contributed by atoms with Crippen molar-refractivity contribution in [2.24, 2.45) is 0 Å². The molecule has 0 aliphatic carbocycles. The maximum atomic E-state index is 13.8. The van der Waals surface area contributed by atoms with Gasteiger partial charge in [-0.15, -0.1) is 0 Å². The lowest BCUT2D eigenvalue weighted by Gasteiger charge is -2.19. The van der Waals surface area contributed by atoms with E-state index in [9.17, 15) is 23.5 Å². The highest BCUT2D eigenvalue weighted by atomic mass is 19.1. The van der Waals surface area contributed by atoms with Crippen LogP contribution in [0, 0.1) is 11.6 Å². The molecule has 0 radical (unpaired) electrons. The highest BCUT2D eigenvalue weighted by Crippen LogP contribution is 2.35. The van der Waals surface area contributed by atoms with Gasteiger partial charge in [-0.1, -0.05) is 13.8 Å². The fourth-order valence-corrected chi connectivity index (χ4v) is 4.06. The summed E-state index contributed by atoms with van der Waals surface area (Å²) in [6.45, 7) is 5.58. The Morgan fingerprint density at radius 2 is 1.58 bits per heavy atom. The van der Waals surface area contributed by atoms with E-state index in [1.807, 2.05) is 18.4 Å². The number of carbonyl (C=O) groups is 2. The molecule has 2 atom stereocenters. The molecule has 0 saturated heterocycles. The number of imidazole rings is 1. The molecule has 0 bridgehead atoms. The molecule has 3 aromatic rings. The molecular formula is C29H32F2N2O5. The zero-order valence-electron chi connectivity index (χ0n) is 21.6. The second kappa shape index (κ2) is 13.2. The summed E-state index contributed by atoms with van der Waals surface area (Å²) in [4.78, 5) is 28.2. The van der Waals surface area contributed by atoms with Crippen molar-refractivity contribution in [1.29, 1.82) is 0 Å². The van der Waals surface area contributed by atoms with Crippen LogP contribution in [0.15, 0.2) is 54.6 Å². The van der Waals surface area contributed by atoms with Crippen LogP contribution in [0.3, 0.4) is 0 Å². The highest BCUT2D eigenvalue weighted by molar-refractivity contribution is 5.95. The Kier molecular flexibility index (Phi) is 10.0. The number of Topliss-reactive ketones (excluding diaryl/α,β-unsaturated/α-hetero) is 1. The second-order valence-electron chi connectivity index (χ2n) is 9.36. The third-order valence-electron chi connectivity index (χ3n) is 5.86. The first-order chi connectivity index (χ1) is 18.1. The number of hydrogen-bond donors (Lipinski definition) is 2. The van der Waals surface area contributed by atoms with Crippen molar-refractivity contribution in [2.45, 2.75) is 58.2 Å². The number of aliphatic hydroxyl groups is 1. The zero-order chi connectivity index (χ0) is 27.8. The van der Waals surface area contributed by atoms with E-state index in [-0.39, 0.29) is 30.9 Å². The molecule has 0 fully saturated rings. The molecule has 0 spiro atoms. The van der Waals surface area contributed by atoms with E-state index in [0.717, 1.165) is 0 Å². The lowest BCUT2D eigenvalue weighted by molar-refractivity contribution is -0.140. The minimum Gasteiger partial charge on any atom is -0.481 e. The largest absolute Gasteiger partial charge is 0.481 e. The summed E-state index contributed by atoms with van der Waals surface area (Å²) in [5.41, 5.74) is 2.54. The number of nitrogens with zero attached hydrogens (tertiary/aromatic N) is 2. The van der Waals surface area contributed by atoms with Gasteiger partial charge in [0.1, 0.15) is 29.7 Å². The van der Waals surface area contributed by atoms with Crippen LogP contribution in [-0.2, 0) is 14.3 Å². The molecule has 7 nitrogen and oxygen atoms in total. The number of aliphatic carboxylic acids is 1. The van der Waals surface area contributed by atoms with Crippen LogP contribution in [0.25, 0.3) is 28.7 Å². The molecule has 3 rings (SSSR count). The van der Waals surface area contributed by atoms with Gasteiger partial charge in [0.15, 0.2) is 0 Å². The summed E-state index contributed by atoms with van der Waals surface area (Å²) in [5.74, 6) is -1.88. The monoisotopic (exact) mass is 526 g/mol. The summed E-state index contributed by atoms with van der Waals surface area (Å²) in [6, 6.07) is 11.9. The smallest absolute Gasteiger partial charge is 0.310 e. The number of ketones is 1. The van der Waals surface area contributed by atoms with Crippen molar-refractivity contribution in [3.8, 4) is 22.5 Å². The molecule has 1 aromatic heterocycles. The Bertz CT molecular complexity index is 1270. The normalized spacial score (nSPS) is 13.2. The number of benzene rings is 2. The third kappa shape index (κ3) is 7.66. The summed E-state index contributed by atoms with van der Waals surface area (Å²) < 4.78 is 35.2. The van der Waals surface area contributed by atoms with Crippen LogP contribution in [0.1, 0.15) is 51.8 Å². The Morgan fingerprint density at radius 3 is 2.11 bits per heavy atom. The molecule has 2 unspecified atom stereocenters. The summed E-state index contributed by atoms with van der Waals surface area (Å²) in [6.07, 6.45) is 1.77. The number of aromatic nitrogens is 2. The molecule has 0 amide bonds. The average Bonchev–Trinajstić information content (AvgIpc) is 3.23. The van der Waals surface area contributed by atoms with Crippen molar-refractivity contribution in [1.82, 2.24) is 9.55 Å². The topological polar surface area (TPSA) is 102 Å². The molecule has 9 heteroatoms. The van der Waals surface area contributed by atoms with Crippen molar-refractivity contribution < 1.29 is 33.3 Å². The van der Waals surface area contributed by atoms with Crippen LogP contribution in [0.5, 0.6) is 0 Å². The first-order valence-electron chi connectivity index (χ1n) is 12.4. The van der Waals surface area contributed by atoms with Gasteiger partial charge in [-0.2, -0.15) is 0 Å². The van der Waals surface area contributed by atoms with Crippen molar-refractivity contribution in [2.75, 3.05) is 6.61 Å². The lowest BCUT2D eigenvalue weighted by atomic mass is 10.0. The predicted octanol–water partition coefficient (Wildman–Crippen LogP) is 5.68. The van der Waals surface area contributed by atoms with Crippen LogP contribution in [0.2, 0.25) is 0 Å². The maximum absolute atomic E-state index is 13.8. The molecule has 1 heterocycles. The second-order valence-corrected chi connectivity index (χ2v) is 9.36. The maximum Gasteiger partial charge on any atom is 0.310 e. The van der Waals surface area contributed by atoms with Gasteiger partial charge in [0, 0.05) is 36.3 Å². The predicted molar refractivity (Wildman–Crippen MR) is 140 cm³/mol. The highest BCUT2D eigenvalue weighted by Gasteiger charge is 2.22. The molecule has 2 N–H and O–H groups in total. The van der Waals surface area contributed by atoms with Crippen LogP contribution >= 0.6 is 0 Å². The van der Waals surface area contributed by atoms with E-state index in [1.165, 1.54) is 24.3 Å². The number of hydrogen-bond acceptors (Lipinski definition) is 5. The third-order valence-corrected chi connectivity index (χ3v) is 5.86. The Morgan fingerprint density at radius 1 is 1.00 bits per heavy atom. The molecule has 0 aliphatic heterocycles. The first kappa shape index (κ1) is 28.9. The number of halogens is 2.